The van der Waals surface area contributed by atoms with Gasteiger partial charge < -0.3 is 10.6 Å². The summed E-state index contributed by atoms with van der Waals surface area (Å²) in [6.45, 7) is 6.40. The van der Waals surface area contributed by atoms with E-state index in [4.69, 9.17) is 0 Å². The average molecular weight is 276 g/mol. The average Bonchev–Trinajstić information content (AvgIpc) is 2.46. The molecule has 0 spiro atoms. The fourth-order valence-corrected chi connectivity index (χ4v) is 1.98. The maximum absolute atomic E-state index is 4.23. The number of hydrogen-bond donors (Lipinski definition) is 2. The lowest BCUT2D eigenvalue weighted by Gasteiger charge is -2.12. The molecule has 1 aromatic rings. The summed E-state index contributed by atoms with van der Waals surface area (Å²) in [5.74, 6) is 1.69. The number of aliphatic imine (C=N–C) groups is 1. The summed E-state index contributed by atoms with van der Waals surface area (Å²) < 4.78 is 0. The fraction of sp³-hybridized carbons (Fsp3) is 0.625. The Hall–Kier alpha value is -1.58. The summed E-state index contributed by atoms with van der Waals surface area (Å²) in [5, 5.41) is 6.68. The van der Waals surface area contributed by atoms with Crippen LogP contribution in [0.4, 0.5) is 0 Å². The number of nitrogens with zero attached hydrogens (tertiary/aromatic N) is 2. The van der Waals surface area contributed by atoms with Crippen molar-refractivity contribution in [3.63, 3.8) is 0 Å². The number of pyridine rings is 1. The molecule has 0 radical (unpaired) electrons. The van der Waals surface area contributed by atoms with Crippen molar-refractivity contribution < 1.29 is 0 Å². The molecule has 1 rings (SSSR count). The Morgan fingerprint density at radius 2 is 2.05 bits per heavy atom. The van der Waals surface area contributed by atoms with E-state index in [1.165, 1.54) is 24.8 Å². The first-order valence-electron chi connectivity index (χ1n) is 7.55. The van der Waals surface area contributed by atoms with Crippen molar-refractivity contribution in [2.75, 3.05) is 20.1 Å². The molecule has 0 aliphatic heterocycles. The normalized spacial score (nSPS) is 11.7. The topological polar surface area (TPSA) is 49.3 Å². The predicted molar refractivity (Wildman–Crippen MR) is 86.0 cm³/mol. The van der Waals surface area contributed by atoms with E-state index in [0.717, 1.165) is 31.4 Å². The van der Waals surface area contributed by atoms with Crippen molar-refractivity contribution in [1.82, 2.24) is 15.6 Å². The Morgan fingerprint density at radius 1 is 1.25 bits per heavy atom. The van der Waals surface area contributed by atoms with Gasteiger partial charge in [0, 0.05) is 32.5 Å². The summed E-state index contributed by atoms with van der Waals surface area (Å²) in [7, 11) is 1.81. The highest BCUT2D eigenvalue weighted by molar-refractivity contribution is 5.79. The van der Waals surface area contributed by atoms with E-state index in [1.54, 1.807) is 6.20 Å². The predicted octanol–water partition coefficient (Wildman–Crippen LogP) is 2.62. The number of aromatic nitrogens is 1. The Balaban J connectivity index is 2.11. The van der Waals surface area contributed by atoms with E-state index < -0.39 is 0 Å². The molecule has 0 fully saturated rings. The molecule has 4 heteroatoms. The monoisotopic (exact) mass is 276 g/mol. The van der Waals surface area contributed by atoms with Gasteiger partial charge in [-0.1, -0.05) is 32.8 Å². The van der Waals surface area contributed by atoms with Gasteiger partial charge in [0.1, 0.15) is 0 Å². The minimum atomic E-state index is 0.798. The zero-order chi connectivity index (χ0) is 14.6. The van der Waals surface area contributed by atoms with Gasteiger partial charge in [0.05, 0.1) is 0 Å². The van der Waals surface area contributed by atoms with Crippen molar-refractivity contribution in [2.45, 2.75) is 39.5 Å². The molecule has 0 saturated heterocycles. The number of nitrogens with one attached hydrogen (secondary N) is 2. The lowest BCUT2D eigenvalue weighted by Crippen LogP contribution is -2.38. The lowest BCUT2D eigenvalue weighted by molar-refractivity contribution is 0.534. The molecule has 0 aliphatic carbocycles. The Bertz CT molecular complexity index is 373. The molecule has 0 bridgehead atoms. The number of hydrogen-bond acceptors (Lipinski definition) is 2. The number of guanidine groups is 1. The first-order chi connectivity index (χ1) is 9.72. The van der Waals surface area contributed by atoms with Crippen LogP contribution >= 0.6 is 0 Å². The third kappa shape index (κ3) is 7.77. The van der Waals surface area contributed by atoms with Gasteiger partial charge >= 0.3 is 0 Å². The summed E-state index contributed by atoms with van der Waals surface area (Å²) in [6, 6.07) is 4.06. The highest BCUT2D eigenvalue weighted by atomic mass is 15.2. The van der Waals surface area contributed by atoms with E-state index in [2.05, 4.69) is 40.5 Å². The maximum Gasteiger partial charge on any atom is 0.190 e. The van der Waals surface area contributed by atoms with E-state index in [-0.39, 0.29) is 0 Å². The van der Waals surface area contributed by atoms with Crippen LogP contribution in [0, 0.1) is 5.92 Å². The molecule has 1 aromatic heterocycles. The lowest BCUT2D eigenvalue weighted by atomic mass is 10.1. The SMILES string of the molecule is CN=C(NCCCCC(C)C)NCCc1cccnc1. The van der Waals surface area contributed by atoms with Crippen LogP contribution < -0.4 is 10.6 Å². The van der Waals surface area contributed by atoms with E-state index >= 15 is 0 Å². The third-order valence-corrected chi connectivity index (χ3v) is 3.15. The Morgan fingerprint density at radius 3 is 2.70 bits per heavy atom. The van der Waals surface area contributed by atoms with Gasteiger partial charge in [-0.3, -0.25) is 9.98 Å². The van der Waals surface area contributed by atoms with Gasteiger partial charge in [-0.25, -0.2) is 0 Å². The van der Waals surface area contributed by atoms with Crippen LogP contribution in [0.2, 0.25) is 0 Å². The highest BCUT2D eigenvalue weighted by Crippen LogP contribution is 2.04. The van der Waals surface area contributed by atoms with Crippen LogP contribution in [0.1, 0.15) is 38.7 Å². The molecule has 0 aromatic carbocycles. The van der Waals surface area contributed by atoms with Crippen LogP contribution in [0.15, 0.2) is 29.5 Å². The second-order valence-corrected chi connectivity index (χ2v) is 5.43. The summed E-state index contributed by atoms with van der Waals surface area (Å²) in [4.78, 5) is 8.34. The summed E-state index contributed by atoms with van der Waals surface area (Å²) in [6.07, 6.45) is 8.44. The second-order valence-electron chi connectivity index (χ2n) is 5.43. The highest BCUT2D eigenvalue weighted by Gasteiger charge is 1.98. The van der Waals surface area contributed by atoms with E-state index in [9.17, 15) is 0 Å². The molecule has 0 unspecified atom stereocenters. The van der Waals surface area contributed by atoms with Crippen LogP contribution in [-0.2, 0) is 6.42 Å². The molecule has 20 heavy (non-hydrogen) atoms. The van der Waals surface area contributed by atoms with Gasteiger partial charge in [0.2, 0.25) is 0 Å². The molecular formula is C16H28N4. The van der Waals surface area contributed by atoms with Gasteiger partial charge in [0.15, 0.2) is 5.96 Å². The van der Waals surface area contributed by atoms with E-state index in [1.807, 2.05) is 19.3 Å². The second kappa shape index (κ2) is 10.2. The Kier molecular flexibility index (Phi) is 8.43. The molecular weight excluding hydrogens is 248 g/mol. The fourth-order valence-electron chi connectivity index (χ4n) is 1.98. The molecule has 112 valence electrons. The minimum Gasteiger partial charge on any atom is -0.356 e. The molecule has 2 N–H and O–H groups in total. The first kappa shape index (κ1) is 16.5. The molecule has 4 nitrogen and oxygen atoms in total. The first-order valence-corrected chi connectivity index (χ1v) is 7.55. The number of unbranched alkanes of at least 4 members (excludes halogenated alkanes) is 1. The van der Waals surface area contributed by atoms with Crippen molar-refractivity contribution in [1.29, 1.82) is 0 Å². The van der Waals surface area contributed by atoms with Gasteiger partial charge in [-0.15, -0.1) is 0 Å². The van der Waals surface area contributed by atoms with Crippen molar-refractivity contribution in [3.8, 4) is 0 Å². The summed E-state index contributed by atoms with van der Waals surface area (Å²) in [5.41, 5.74) is 1.24. The summed E-state index contributed by atoms with van der Waals surface area (Å²) >= 11 is 0. The minimum absolute atomic E-state index is 0.798. The number of rotatable bonds is 8. The van der Waals surface area contributed by atoms with Crippen molar-refractivity contribution in [3.05, 3.63) is 30.1 Å². The smallest absolute Gasteiger partial charge is 0.190 e. The van der Waals surface area contributed by atoms with E-state index in [0.29, 0.717) is 0 Å². The standard InChI is InChI=1S/C16H28N4/c1-14(2)7-4-5-11-19-16(17-3)20-12-9-15-8-6-10-18-13-15/h6,8,10,13-14H,4-5,7,9,11-12H2,1-3H3,(H2,17,19,20). The van der Waals surface area contributed by atoms with Gasteiger partial charge in [-0.2, -0.15) is 0 Å². The van der Waals surface area contributed by atoms with Gasteiger partial charge in [0.25, 0.3) is 0 Å². The van der Waals surface area contributed by atoms with Crippen LogP contribution in [-0.4, -0.2) is 31.1 Å². The zero-order valence-corrected chi connectivity index (χ0v) is 13.0. The van der Waals surface area contributed by atoms with Gasteiger partial charge in [-0.05, 0) is 30.4 Å². The molecule has 0 saturated carbocycles. The molecule has 0 aliphatic rings. The zero-order valence-electron chi connectivity index (χ0n) is 13.0. The Labute approximate surface area is 123 Å². The van der Waals surface area contributed by atoms with Crippen LogP contribution in [0.5, 0.6) is 0 Å². The molecule has 1 heterocycles. The van der Waals surface area contributed by atoms with Crippen LogP contribution in [0.25, 0.3) is 0 Å². The largest absolute Gasteiger partial charge is 0.356 e. The third-order valence-electron chi connectivity index (χ3n) is 3.15. The molecule has 0 amide bonds. The molecule has 0 atom stereocenters. The quantitative estimate of drug-likeness (QED) is 0.436. The maximum atomic E-state index is 4.23. The van der Waals surface area contributed by atoms with Crippen molar-refractivity contribution in [2.24, 2.45) is 10.9 Å². The van der Waals surface area contributed by atoms with Crippen LogP contribution in [0.3, 0.4) is 0 Å². The van der Waals surface area contributed by atoms with Crippen molar-refractivity contribution >= 4 is 5.96 Å².